The largest absolute Gasteiger partial charge is 0.416 e. The van der Waals surface area contributed by atoms with E-state index in [1.165, 1.54) is 12.1 Å². The van der Waals surface area contributed by atoms with E-state index in [4.69, 9.17) is 0 Å². The van der Waals surface area contributed by atoms with Gasteiger partial charge in [-0.3, -0.25) is 0 Å². The lowest BCUT2D eigenvalue weighted by atomic mass is 10.1. The molecular weight excluding hydrogens is 177 g/mol. The summed E-state index contributed by atoms with van der Waals surface area (Å²) in [6.45, 7) is 5.19. The van der Waals surface area contributed by atoms with E-state index >= 15 is 0 Å². The van der Waals surface area contributed by atoms with Crippen LogP contribution in [0.25, 0.3) is 6.08 Å². The normalized spacial score (nSPS) is 11.4. The van der Waals surface area contributed by atoms with Crippen molar-refractivity contribution in [1.82, 2.24) is 0 Å². The van der Waals surface area contributed by atoms with Crippen LogP contribution in [-0.2, 0) is 6.18 Å². The average Bonchev–Trinajstić information content (AvgIpc) is 2.03. The molecule has 0 aliphatic rings. The van der Waals surface area contributed by atoms with E-state index in [1.54, 1.807) is 6.92 Å². The van der Waals surface area contributed by atoms with Gasteiger partial charge in [-0.2, -0.15) is 13.2 Å². The number of alkyl halides is 3. The van der Waals surface area contributed by atoms with E-state index in [-0.39, 0.29) is 0 Å². The summed E-state index contributed by atoms with van der Waals surface area (Å²) in [6.07, 6.45) is -2.85. The van der Waals surface area contributed by atoms with Crippen molar-refractivity contribution in [2.24, 2.45) is 0 Å². The molecule has 3 heteroatoms. The van der Waals surface area contributed by atoms with Crippen LogP contribution in [0.15, 0.2) is 24.8 Å². The van der Waals surface area contributed by atoms with E-state index in [1.807, 2.05) is 0 Å². The molecule has 0 amide bonds. The van der Waals surface area contributed by atoms with Crippen LogP contribution in [0.2, 0.25) is 0 Å². The highest BCUT2D eigenvalue weighted by Crippen LogP contribution is 2.30. The predicted octanol–water partition coefficient (Wildman–Crippen LogP) is 3.66. The Hall–Kier alpha value is -1.25. The summed E-state index contributed by atoms with van der Waals surface area (Å²) in [6, 6.07) is 3.62. The molecule has 0 saturated heterocycles. The van der Waals surface area contributed by atoms with Gasteiger partial charge in [-0.1, -0.05) is 18.7 Å². The first kappa shape index (κ1) is 9.84. The molecule has 13 heavy (non-hydrogen) atoms. The summed E-state index contributed by atoms with van der Waals surface area (Å²) in [5, 5.41) is 0. The van der Waals surface area contributed by atoms with Crippen molar-refractivity contribution < 1.29 is 13.2 Å². The van der Waals surface area contributed by atoms with Gasteiger partial charge in [0.25, 0.3) is 0 Å². The third-order valence-electron chi connectivity index (χ3n) is 1.83. The lowest BCUT2D eigenvalue weighted by Crippen LogP contribution is -2.05. The fourth-order valence-electron chi connectivity index (χ4n) is 1.04. The first-order chi connectivity index (χ1) is 5.95. The molecule has 0 aliphatic heterocycles. The number of hydrogen-bond donors (Lipinski definition) is 0. The van der Waals surface area contributed by atoms with Crippen molar-refractivity contribution in [2.75, 3.05) is 0 Å². The first-order valence-electron chi connectivity index (χ1n) is 3.75. The van der Waals surface area contributed by atoms with Gasteiger partial charge in [0.05, 0.1) is 5.56 Å². The van der Waals surface area contributed by atoms with Gasteiger partial charge < -0.3 is 0 Å². The minimum atomic E-state index is -4.27. The maximum atomic E-state index is 12.2. The summed E-state index contributed by atoms with van der Waals surface area (Å²) >= 11 is 0. The van der Waals surface area contributed by atoms with Gasteiger partial charge in [-0.25, -0.2) is 0 Å². The lowest BCUT2D eigenvalue weighted by Gasteiger charge is -2.08. The highest BCUT2D eigenvalue weighted by molar-refractivity contribution is 5.53. The maximum Gasteiger partial charge on any atom is 0.416 e. The van der Waals surface area contributed by atoms with Gasteiger partial charge >= 0.3 is 6.18 Å². The van der Waals surface area contributed by atoms with E-state index in [0.29, 0.717) is 5.56 Å². The second kappa shape index (κ2) is 3.24. The van der Waals surface area contributed by atoms with Crippen LogP contribution >= 0.6 is 0 Å². The Morgan fingerprint density at radius 1 is 1.31 bits per heavy atom. The molecule has 1 aromatic carbocycles. The molecule has 0 radical (unpaired) electrons. The van der Waals surface area contributed by atoms with Gasteiger partial charge in [0.1, 0.15) is 0 Å². The van der Waals surface area contributed by atoms with Gasteiger partial charge in [0.2, 0.25) is 0 Å². The van der Waals surface area contributed by atoms with Gasteiger partial charge in [0, 0.05) is 0 Å². The van der Waals surface area contributed by atoms with Crippen molar-refractivity contribution in [2.45, 2.75) is 13.1 Å². The maximum absolute atomic E-state index is 12.2. The predicted molar refractivity (Wildman–Crippen MR) is 46.3 cm³/mol. The summed E-state index contributed by atoms with van der Waals surface area (Å²) < 4.78 is 36.6. The standard InChI is InChI=1S/C10H9F3/c1-3-8-6-9(10(11,12)13)5-4-7(8)2/h3-6H,1H2,2H3. The summed E-state index contributed by atoms with van der Waals surface area (Å²) in [4.78, 5) is 0. The molecule has 0 atom stereocenters. The molecule has 0 heterocycles. The molecule has 0 spiro atoms. The van der Waals surface area contributed by atoms with E-state index in [9.17, 15) is 13.2 Å². The second-order valence-electron chi connectivity index (χ2n) is 2.77. The van der Waals surface area contributed by atoms with Crippen LogP contribution in [0.5, 0.6) is 0 Å². The molecule has 0 unspecified atom stereocenters. The quantitative estimate of drug-likeness (QED) is 0.627. The second-order valence-corrected chi connectivity index (χ2v) is 2.77. The minimum absolute atomic E-state index is 0.523. The van der Waals surface area contributed by atoms with Crippen LogP contribution in [0, 0.1) is 6.92 Å². The summed E-state index contributed by atoms with van der Waals surface area (Å²) in [5.74, 6) is 0. The molecule has 0 aromatic heterocycles. The van der Waals surface area contributed by atoms with Crippen LogP contribution in [-0.4, -0.2) is 0 Å². The Bertz CT molecular complexity index is 323. The molecule has 70 valence electrons. The molecular formula is C10H9F3. The smallest absolute Gasteiger partial charge is 0.166 e. The Morgan fingerprint density at radius 2 is 1.92 bits per heavy atom. The number of hydrogen-bond acceptors (Lipinski definition) is 0. The third kappa shape index (κ3) is 2.11. The number of rotatable bonds is 1. The molecule has 0 bridgehead atoms. The number of halogens is 3. The highest BCUT2D eigenvalue weighted by Gasteiger charge is 2.30. The van der Waals surface area contributed by atoms with Crippen molar-refractivity contribution in [1.29, 1.82) is 0 Å². The fourth-order valence-corrected chi connectivity index (χ4v) is 1.04. The van der Waals surface area contributed by atoms with Crippen molar-refractivity contribution in [3.63, 3.8) is 0 Å². The Balaban J connectivity index is 3.21. The average molecular weight is 186 g/mol. The van der Waals surface area contributed by atoms with Crippen molar-refractivity contribution in [3.05, 3.63) is 41.5 Å². The number of benzene rings is 1. The Morgan fingerprint density at radius 3 is 2.38 bits per heavy atom. The lowest BCUT2D eigenvalue weighted by molar-refractivity contribution is -0.137. The van der Waals surface area contributed by atoms with Crippen molar-refractivity contribution in [3.8, 4) is 0 Å². The van der Waals surface area contributed by atoms with Gasteiger partial charge in [0.15, 0.2) is 0 Å². The van der Waals surface area contributed by atoms with Crippen LogP contribution in [0.4, 0.5) is 13.2 Å². The Labute approximate surface area is 74.7 Å². The zero-order chi connectivity index (χ0) is 10.1. The molecule has 0 saturated carbocycles. The monoisotopic (exact) mass is 186 g/mol. The minimum Gasteiger partial charge on any atom is -0.166 e. The zero-order valence-corrected chi connectivity index (χ0v) is 7.15. The van der Waals surface area contributed by atoms with E-state index < -0.39 is 11.7 Å². The van der Waals surface area contributed by atoms with Crippen molar-refractivity contribution >= 4 is 6.08 Å². The highest BCUT2D eigenvalue weighted by atomic mass is 19.4. The topological polar surface area (TPSA) is 0 Å². The van der Waals surface area contributed by atoms with Crippen LogP contribution < -0.4 is 0 Å². The Kier molecular flexibility index (Phi) is 2.45. The van der Waals surface area contributed by atoms with Gasteiger partial charge in [-0.05, 0) is 30.2 Å². The SMILES string of the molecule is C=Cc1cc(C(F)(F)F)ccc1C. The molecule has 1 rings (SSSR count). The van der Waals surface area contributed by atoms with E-state index in [2.05, 4.69) is 6.58 Å². The van der Waals surface area contributed by atoms with Crippen LogP contribution in [0.1, 0.15) is 16.7 Å². The molecule has 0 fully saturated rings. The summed E-state index contributed by atoms with van der Waals surface area (Å²) in [5.41, 5.74) is 0.686. The van der Waals surface area contributed by atoms with Gasteiger partial charge in [-0.15, -0.1) is 0 Å². The van der Waals surface area contributed by atoms with E-state index in [0.717, 1.165) is 17.7 Å². The molecule has 0 nitrogen and oxygen atoms in total. The zero-order valence-electron chi connectivity index (χ0n) is 7.15. The summed E-state index contributed by atoms with van der Waals surface area (Å²) in [7, 11) is 0. The molecule has 0 N–H and O–H groups in total. The fraction of sp³-hybridized carbons (Fsp3) is 0.200. The van der Waals surface area contributed by atoms with Crippen LogP contribution in [0.3, 0.4) is 0 Å². The third-order valence-corrected chi connectivity index (χ3v) is 1.83. The molecule has 1 aromatic rings. The first-order valence-corrected chi connectivity index (χ1v) is 3.75. The number of aryl methyl sites for hydroxylation is 1. The molecule has 0 aliphatic carbocycles.